The number of nitrogens with one attached hydrogen (secondary N) is 1. The minimum absolute atomic E-state index is 0.162. The van der Waals surface area contributed by atoms with E-state index in [9.17, 15) is 9.59 Å². The third kappa shape index (κ3) is 4.86. The van der Waals surface area contributed by atoms with Gasteiger partial charge in [-0.3, -0.25) is 14.6 Å². The number of carbonyl (C=O) groups is 2. The first-order valence-electron chi connectivity index (χ1n) is 9.97. The van der Waals surface area contributed by atoms with Crippen LogP contribution in [-0.2, 0) is 9.59 Å². The lowest BCUT2D eigenvalue weighted by molar-refractivity contribution is -0.122. The van der Waals surface area contributed by atoms with Gasteiger partial charge >= 0.3 is 0 Å². The predicted molar refractivity (Wildman–Crippen MR) is 119 cm³/mol. The lowest BCUT2D eigenvalue weighted by Crippen LogP contribution is -2.41. The summed E-state index contributed by atoms with van der Waals surface area (Å²) in [6.07, 6.45) is 4.92. The average Bonchev–Trinajstić information content (AvgIpc) is 2.79. The van der Waals surface area contributed by atoms with Crippen LogP contribution in [0.25, 0.3) is 10.9 Å². The molecule has 3 N–H and O–H groups in total. The van der Waals surface area contributed by atoms with Crippen LogP contribution in [0.4, 0.5) is 11.5 Å². The van der Waals surface area contributed by atoms with E-state index in [0.717, 1.165) is 30.6 Å². The summed E-state index contributed by atoms with van der Waals surface area (Å²) in [6, 6.07) is 10.6. The van der Waals surface area contributed by atoms with Gasteiger partial charge in [0.15, 0.2) is 6.61 Å². The molecule has 9 heteroatoms. The number of rotatable bonds is 6. The Bertz CT molecular complexity index is 1110. The van der Waals surface area contributed by atoms with Crippen LogP contribution in [-0.4, -0.2) is 41.5 Å². The Morgan fingerprint density at radius 1 is 1.23 bits per heavy atom. The normalized spacial score (nSPS) is 16.2. The van der Waals surface area contributed by atoms with Gasteiger partial charge in [0.25, 0.3) is 5.91 Å². The van der Waals surface area contributed by atoms with Crippen LogP contribution in [0.3, 0.4) is 0 Å². The molecule has 0 bridgehead atoms. The molecule has 0 spiro atoms. The van der Waals surface area contributed by atoms with Gasteiger partial charge in [0.05, 0.1) is 22.8 Å². The van der Waals surface area contributed by atoms with E-state index in [2.05, 4.69) is 15.3 Å². The molecule has 1 saturated heterocycles. The molecule has 1 atom stereocenters. The molecule has 3 aromatic rings. The maximum absolute atomic E-state index is 12.3. The van der Waals surface area contributed by atoms with E-state index in [-0.39, 0.29) is 24.3 Å². The first kappa shape index (κ1) is 20.9. The van der Waals surface area contributed by atoms with Crippen LogP contribution in [0.1, 0.15) is 12.8 Å². The molecule has 4 rings (SSSR count). The summed E-state index contributed by atoms with van der Waals surface area (Å²) in [7, 11) is 0. The fourth-order valence-corrected chi connectivity index (χ4v) is 3.85. The van der Waals surface area contributed by atoms with E-state index < -0.39 is 0 Å². The first-order chi connectivity index (χ1) is 15.0. The molecule has 160 valence electrons. The number of hydrogen-bond donors (Lipinski definition) is 2. The SMILES string of the molecule is NC(=O)C1CCCN(c2ccc(NC(=O)COc3ccc(Cl)c4cccnc34)cn2)C1. The van der Waals surface area contributed by atoms with Gasteiger partial charge in [-0.05, 0) is 49.2 Å². The zero-order chi connectivity index (χ0) is 21.8. The number of primary amides is 1. The standard InChI is InChI=1S/C22H22ClN5O3/c23-17-6-7-18(21-16(17)4-1-9-25-21)31-13-20(29)27-15-5-8-19(26-11-15)28-10-2-3-14(12-28)22(24)30/h1,4-9,11,14H,2-3,10,12-13H2,(H2,24,30)(H,27,29). The third-order valence-corrected chi connectivity index (χ3v) is 5.55. The number of piperidine rings is 1. The number of halogens is 1. The van der Waals surface area contributed by atoms with E-state index in [4.69, 9.17) is 22.1 Å². The fourth-order valence-electron chi connectivity index (χ4n) is 3.63. The number of pyridine rings is 2. The van der Waals surface area contributed by atoms with E-state index in [1.54, 1.807) is 36.7 Å². The Hall–Kier alpha value is -3.39. The fraction of sp³-hybridized carbons (Fsp3) is 0.273. The third-order valence-electron chi connectivity index (χ3n) is 5.22. The van der Waals surface area contributed by atoms with Gasteiger partial charge in [0.1, 0.15) is 17.1 Å². The molecular formula is C22H22ClN5O3. The molecular weight excluding hydrogens is 418 g/mol. The summed E-state index contributed by atoms with van der Waals surface area (Å²) < 4.78 is 5.66. The zero-order valence-electron chi connectivity index (χ0n) is 16.8. The second-order valence-corrected chi connectivity index (χ2v) is 7.78. The molecule has 2 amide bonds. The Labute approximate surface area is 184 Å². The molecule has 2 aromatic heterocycles. The van der Waals surface area contributed by atoms with Crippen molar-refractivity contribution in [3.8, 4) is 5.75 Å². The van der Waals surface area contributed by atoms with Crippen molar-refractivity contribution < 1.29 is 14.3 Å². The number of nitrogens with zero attached hydrogens (tertiary/aromatic N) is 3. The van der Waals surface area contributed by atoms with Crippen molar-refractivity contribution >= 4 is 45.8 Å². The maximum atomic E-state index is 12.3. The Morgan fingerprint density at radius 2 is 2.10 bits per heavy atom. The summed E-state index contributed by atoms with van der Waals surface area (Å²) in [5.74, 6) is 0.472. The monoisotopic (exact) mass is 439 g/mol. The Balaban J connectivity index is 1.35. The Morgan fingerprint density at radius 3 is 2.87 bits per heavy atom. The molecule has 0 radical (unpaired) electrons. The topological polar surface area (TPSA) is 110 Å². The molecule has 31 heavy (non-hydrogen) atoms. The van der Waals surface area contributed by atoms with Gasteiger partial charge in [-0.1, -0.05) is 11.6 Å². The highest BCUT2D eigenvalue weighted by Gasteiger charge is 2.24. The van der Waals surface area contributed by atoms with Gasteiger partial charge < -0.3 is 20.7 Å². The predicted octanol–water partition coefficient (Wildman–Crippen LogP) is 3.00. The first-order valence-corrected chi connectivity index (χ1v) is 10.4. The van der Waals surface area contributed by atoms with Gasteiger partial charge in [-0.2, -0.15) is 0 Å². The summed E-state index contributed by atoms with van der Waals surface area (Å²) in [6.45, 7) is 1.20. The number of aromatic nitrogens is 2. The highest BCUT2D eigenvalue weighted by atomic mass is 35.5. The minimum Gasteiger partial charge on any atom is -0.481 e. The second-order valence-electron chi connectivity index (χ2n) is 7.37. The molecule has 0 saturated carbocycles. The highest BCUT2D eigenvalue weighted by Crippen LogP contribution is 2.29. The number of nitrogens with two attached hydrogens (primary N) is 1. The number of ether oxygens (including phenoxy) is 1. The zero-order valence-corrected chi connectivity index (χ0v) is 17.5. The van der Waals surface area contributed by atoms with Crippen LogP contribution in [0.5, 0.6) is 5.75 Å². The smallest absolute Gasteiger partial charge is 0.262 e. The van der Waals surface area contributed by atoms with E-state index >= 15 is 0 Å². The average molecular weight is 440 g/mol. The van der Waals surface area contributed by atoms with Crippen LogP contribution < -0.4 is 20.7 Å². The lowest BCUT2D eigenvalue weighted by atomic mass is 9.97. The number of amides is 2. The molecule has 1 fully saturated rings. The van der Waals surface area contributed by atoms with Gasteiger partial charge in [-0.25, -0.2) is 4.98 Å². The molecule has 1 unspecified atom stereocenters. The van der Waals surface area contributed by atoms with Crippen molar-refractivity contribution in [2.24, 2.45) is 11.7 Å². The number of fused-ring (bicyclic) bond motifs is 1. The van der Waals surface area contributed by atoms with Gasteiger partial charge in [-0.15, -0.1) is 0 Å². The molecule has 8 nitrogen and oxygen atoms in total. The van der Waals surface area contributed by atoms with E-state index in [0.29, 0.717) is 28.5 Å². The van der Waals surface area contributed by atoms with Crippen LogP contribution in [0.2, 0.25) is 5.02 Å². The molecule has 0 aliphatic carbocycles. The van der Waals surface area contributed by atoms with Crippen LogP contribution >= 0.6 is 11.6 Å². The number of anilines is 2. The summed E-state index contributed by atoms with van der Waals surface area (Å²) in [5, 5.41) is 4.10. The maximum Gasteiger partial charge on any atom is 0.262 e. The largest absolute Gasteiger partial charge is 0.481 e. The number of benzene rings is 1. The van der Waals surface area contributed by atoms with Crippen molar-refractivity contribution in [3.05, 3.63) is 53.8 Å². The number of carbonyl (C=O) groups excluding carboxylic acids is 2. The lowest BCUT2D eigenvalue weighted by Gasteiger charge is -2.32. The molecule has 3 heterocycles. The summed E-state index contributed by atoms with van der Waals surface area (Å²) >= 11 is 6.18. The summed E-state index contributed by atoms with van der Waals surface area (Å²) in [4.78, 5) is 34.5. The Kier molecular flexibility index (Phi) is 6.18. The highest BCUT2D eigenvalue weighted by molar-refractivity contribution is 6.35. The van der Waals surface area contributed by atoms with Crippen molar-refractivity contribution in [3.63, 3.8) is 0 Å². The molecule has 1 aromatic carbocycles. The van der Waals surface area contributed by atoms with Crippen LogP contribution in [0.15, 0.2) is 48.8 Å². The quantitative estimate of drug-likeness (QED) is 0.610. The van der Waals surface area contributed by atoms with Gasteiger partial charge in [0.2, 0.25) is 5.91 Å². The van der Waals surface area contributed by atoms with Crippen molar-refractivity contribution in [1.29, 1.82) is 0 Å². The molecule has 1 aliphatic heterocycles. The second kappa shape index (κ2) is 9.18. The summed E-state index contributed by atoms with van der Waals surface area (Å²) in [5.41, 5.74) is 6.60. The minimum atomic E-state index is -0.319. The van der Waals surface area contributed by atoms with Crippen molar-refractivity contribution in [2.75, 3.05) is 29.9 Å². The number of hydrogen-bond acceptors (Lipinski definition) is 6. The van der Waals surface area contributed by atoms with E-state index in [1.165, 1.54) is 0 Å². The van der Waals surface area contributed by atoms with E-state index in [1.807, 2.05) is 17.0 Å². The van der Waals surface area contributed by atoms with Crippen molar-refractivity contribution in [1.82, 2.24) is 9.97 Å². The van der Waals surface area contributed by atoms with Crippen molar-refractivity contribution in [2.45, 2.75) is 12.8 Å². The molecule has 1 aliphatic rings. The van der Waals surface area contributed by atoms with Gasteiger partial charge in [0, 0.05) is 24.7 Å². The van der Waals surface area contributed by atoms with Crippen LogP contribution in [0, 0.1) is 5.92 Å².